The quantitative estimate of drug-likeness (QED) is 0.189. The zero-order valence-corrected chi connectivity index (χ0v) is 31.4. The molecule has 48 heavy (non-hydrogen) atoms. The van der Waals surface area contributed by atoms with E-state index in [0.29, 0.717) is 37.9 Å². The minimum atomic E-state index is -2.51. The summed E-state index contributed by atoms with van der Waals surface area (Å²) in [6.45, 7) is 15.6. The summed E-state index contributed by atoms with van der Waals surface area (Å²) in [5.41, 5.74) is 0.0767. The van der Waals surface area contributed by atoms with E-state index in [1.807, 2.05) is 13.0 Å². The zero-order chi connectivity index (χ0) is 35.2. The summed E-state index contributed by atoms with van der Waals surface area (Å²) >= 11 is 0. The first-order valence-corrected chi connectivity index (χ1v) is 19.9. The summed E-state index contributed by atoms with van der Waals surface area (Å²) in [4.78, 5) is 13.7. The smallest absolute Gasteiger partial charge is 0.338 e. The number of hydrogen-bond donors (Lipinski definition) is 1. The van der Waals surface area contributed by atoms with Crippen LogP contribution in [-0.2, 0) is 32.8 Å². The lowest BCUT2D eigenvalue weighted by Crippen LogP contribution is -2.66. The van der Waals surface area contributed by atoms with Gasteiger partial charge >= 0.3 is 5.97 Å². The maximum absolute atomic E-state index is 13.7. The lowest BCUT2D eigenvalue weighted by molar-refractivity contribution is -0.291. The molecule has 4 rings (SSSR count). The predicted molar refractivity (Wildman–Crippen MR) is 184 cm³/mol. The van der Waals surface area contributed by atoms with E-state index < -0.39 is 44.3 Å². The number of benzene rings is 1. The molecule has 1 aromatic carbocycles. The molecule has 0 radical (unpaired) electrons. The van der Waals surface area contributed by atoms with E-state index in [0.717, 1.165) is 0 Å². The molecule has 1 N–H and O–H groups in total. The summed E-state index contributed by atoms with van der Waals surface area (Å²) in [5, 5.41) is 20.8. The number of rotatable bonds is 13. The number of carbonyl (C=O) groups is 1. The molecule has 10 nitrogen and oxygen atoms in total. The SMILES string of the molecule is COC[C@H]1O[C@H]2CC(CO)C[C@H]3O[C@@](C)([C@@H](CC#N)O[Si](C(C)C)(C(C)C)C(C)C)[C@H](OC(=O)c4ccccc4)C[C@@H]3O[C@@H]2C[C@@H]1OC. The van der Waals surface area contributed by atoms with Crippen LogP contribution in [0.1, 0.15) is 90.9 Å². The second kappa shape index (κ2) is 16.9. The van der Waals surface area contributed by atoms with Crippen molar-refractivity contribution in [1.82, 2.24) is 0 Å². The van der Waals surface area contributed by atoms with E-state index in [1.165, 1.54) is 0 Å². The number of methoxy groups -OCH3 is 2. The molecule has 1 aromatic rings. The molecule has 0 bridgehead atoms. The average molecular weight is 690 g/mol. The third-order valence-electron chi connectivity index (χ3n) is 11.2. The van der Waals surface area contributed by atoms with E-state index in [1.54, 1.807) is 38.5 Å². The third-order valence-corrected chi connectivity index (χ3v) is 17.3. The van der Waals surface area contributed by atoms with Crippen LogP contribution < -0.4 is 0 Å². The lowest BCUT2D eigenvalue weighted by Gasteiger charge is -2.55. The monoisotopic (exact) mass is 689 g/mol. The van der Waals surface area contributed by atoms with Crippen molar-refractivity contribution in [2.45, 2.75) is 152 Å². The number of aliphatic hydroxyl groups is 1. The first-order chi connectivity index (χ1) is 22.8. The van der Waals surface area contributed by atoms with Crippen molar-refractivity contribution in [1.29, 1.82) is 5.26 Å². The van der Waals surface area contributed by atoms with Gasteiger partial charge in [0.2, 0.25) is 8.32 Å². The molecule has 0 aliphatic carbocycles. The Morgan fingerprint density at radius 3 is 2.12 bits per heavy atom. The average Bonchev–Trinajstić information content (AvgIpc) is 3.04. The number of fused-ring (bicyclic) bond motifs is 2. The van der Waals surface area contributed by atoms with Gasteiger partial charge in [0.05, 0.1) is 61.3 Å². The summed E-state index contributed by atoms with van der Waals surface area (Å²) < 4.78 is 45.4. The van der Waals surface area contributed by atoms with Gasteiger partial charge in [0.1, 0.15) is 17.8 Å². The van der Waals surface area contributed by atoms with Crippen molar-refractivity contribution >= 4 is 14.3 Å². The molecule has 3 aliphatic heterocycles. The molecule has 0 spiro atoms. The summed E-state index contributed by atoms with van der Waals surface area (Å²) in [5.74, 6) is -0.584. The van der Waals surface area contributed by atoms with Crippen molar-refractivity contribution in [2.24, 2.45) is 5.92 Å². The number of ether oxygens (including phenoxy) is 6. The van der Waals surface area contributed by atoms with Crippen LogP contribution in [0.3, 0.4) is 0 Å². The second-order valence-electron chi connectivity index (χ2n) is 15.0. The molecule has 3 saturated heterocycles. The normalized spacial score (nSPS) is 33.3. The molecule has 270 valence electrons. The van der Waals surface area contributed by atoms with E-state index in [2.05, 4.69) is 47.6 Å². The first kappa shape index (κ1) is 38.9. The van der Waals surface area contributed by atoms with Crippen molar-refractivity contribution < 1.29 is 42.7 Å². The fourth-order valence-corrected chi connectivity index (χ4v) is 14.3. The second-order valence-corrected chi connectivity index (χ2v) is 20.4. The van der Waals surface area contributed by atoms with Gasteiger partial charge in [0, 0.05) is 33.7 Å². The summed E-state index contributed by atoms with van der Waals surface area (Å²) in [6.07, 6.45) is -1.28. The van der Waals surface area contributed by atoms with Crippen LogP contribution in [0, 0.1) is 17.2 Å². The Hall–Kier alpha value is -1.88. The van der Waals surface area contributed by atoms with Gasteiger partial charge in [-0.1, -0.05) is 59.7 Å². The van der Waals surface area contributed by atoms with E-state index in [4.69, 9.17) is 32.8 Å². The summed E-state index contributed by atoms with van der Waals surface area (Å²) in [7, 11) is 0.801. The minimum absolute atomic E-state index is 0.0346. The fraction of sp³-hybridized carbons (Fsp3) is 0.784. The number of esters is 1. The van der Waals surface area contributed by atoms with E-state index in [-0.39, 0.29) is 60.0 Å². The Balaban J connectivity index is 1.75. The zero-order valence-electron chi connectivity index (χ0n) is 30.4. The van der Waals surface area contributed by atoms with Crippen LogP contribution >= 0.6 is 0 Å². The number of hydrogen-bond acceptors (Lipinski definition) is 10. The minimum Gasteiger partial charge on any atom is -0.455 e. The highest BCUT2D eigenvalue weighted by atomic mass is 28.4. The lowest BCUT2D eigenvalue weighted by atomic mass is 9.79. The van der Waals surface area contributed by atoms with Crippen LogP contribution in [-0.4, -0.2) is 101 Å². The van der Waals surface area contributed by atoms with Gasteiger partial charge in [-0.05, 0) is 54.4 Å². The summed E-state index contributed by atoms with van der Waals surface area (Å²) in [6, 6.07) is 11.3. The Kier molecular flexibility index (Phi) is 13.7. The van der Waals surface area contributed by atoms with Gasteiger partial charge in [-0.2, -0.15) is 5.26 Å². The Morgan fingerprint density at radius 2 is 1.56 bits per heavy atom. The molecular weight excluding hydrogens is 630 g/mol. The maximum atomic E-state index is 13.7. The van der Waals surface area contributed by atoms with Gasteiger partial charge in [0.25, 0.3) is 0 Å². The number of nitriles is 1. The molecular formula is C37H59NO9Si. The highest BCUT2D eigenvalue weighted by Gasteiger charge is 2.58. The van der Waals surface area contributed by atoms with Gasteiger partial charge in [-0.25, -0.2) is 4.79 Å². The molecule has 0 saturated carbocycles. The van der Waals surface area contributed by atoms with E-state index >= 15 is 0 Å². The van der Waals surface area contributed by atoms with Crippen LogP contribution in [0.2, 0.25) is 16.6 Å². The molecule has 10 atom stereocenters. The van der Waals surface area contributed by atoms with Crippen LogP contribution in [0.25, 0.3) is 0 Å². The van der Waals surface area contributed by atoms with Crippen molar-refractivity contribution in [3.05, 3.63) is 35.9 Å². The molecule has 1 unspecified atom stereocenters. The standard InChI is InChI=1S/C37H59NO9Si/c1-23(2)48(24(3)4,25(5)6)47-34(15-16-38)37(7)35(45-36(40)27-13-11-10-12-14-27)20-31-32(46-37)18-26(21-39)17-29-30(43-31)19-28(42-9)33(44-29)22-41-8/h10-14,23-26,28-35,39H,15,17-22H2,1-9H3/t26?,28-,29-,30+,31-,32+,33+,34+,35+,37-/m0/s1. The molecule has 3 heterocycles. The van der Waals surface area contributed by atoms with Crippen LogP contribution in [0.15, 0.2) is 30.3 Å². The molecule has 3 aliphatic rings. The highest BCUT2D eigenvalue weighted by Crippen LogP contribution is 2.48. The topological polar surface area (TPSA) is 126 Å². The fourth-order valence-electron chi connectivity index (χ4n) is 8.71. The Labute approximate surface area is 288 Å². The molecule has 3 fully saturated rings. The van der Waals surface area contributed by atoms with Crippen molar-refractivity contribution in [3.63, 3.8) is 0 Å². The predicted octanol–water partition coefficient (Wildman–Crippen LogP) is 6.21. The van der Waals surface area contributed by atoms with Crippen molar-refractivity contribution in [2.75, 3.05) is 27.4 Å². The van der Waals surface area contributed by atoms with E-state index in [9.17, 15) is 15.2 Å². The first-order valence-electron chi connectivity index (χ1n) is 17.8. The van der Waals surface area contributed by atoms with Crippen LogP contribution in [0.4, 0.5) is 0 Å². The largest absolute Gasteiger partial charge is 0.455 e. The highest BCUT2D eigenvalue weighted by molar-refractivity contribution is 6.77. The maximum Gasteiger partial charge on any atom is 0.338 e. The van der Waals surface area contributed by atoms with Crippen LogP contribution in [0.5, 0.6) is 0 Å². The molecule has 11 heteroatoms. The Morgan fingerprint density at radius 1 is 0.958 bits per heavy atom. The van der Waals surface area contributed by atoms with Gasteiger partial charge in [-0.15, -0.1) is 0 Å². The third kappa shape index (κ3) is 8.18. The van der Waals surface area contributed by atoms with Gasteiger partial charge in [0.15, 0.2) is 0 Å². The number of carbonyl (C=O) groups excluding carboxylic acids is 1. The van der Waals surface area contributed by atoms with Gasteiger partial charge < -0.3 is 38.0 Å². The number of aliphatic hydroxyl groups excluding tert-OH is 1. The molecule has 0 aromatic heterocycles. The molecule has 0 amide bonds. The van der Waals surface area contributed by atoms with Gasteiger partial charge in [-0.3, -0.25) is 0 Å². The number of nitrogens with zero attached hydrogens (tertiary/aromatic N) is 1. The van der Waals surface area contributed by atoms with Crippen molar-refractivity contribution in [3.8, 4) is 6.07 Å². The Bertz CT molecular complexity index is 1190.